The average Bonchev–Trinajstić information content (AvgIpc) is 3.36. The van der Waals surface area contributed by atoms with Gasteiger partial charge in [0.05, 0.1) is 16.1 Å². The van der Waals surface area contributed by atoms with Crippen molar-refractivity contribution in [3.8, 4) is 0 Å². The molecule has 1 N–H and O–H groups in total. The van der Waals surface area contributed by atoms with Crippen molar-refractivity contribution >= 4 is 51.5 Å². The minimum absolute atomic E-state index is 0.00987. The molecule has 1 aliphatic carbocycles. The fraction of sp³-hybridized carbons (Fsp3) is 0.321. The van der Waals surface area contributed by atoms with Gasteiger partial charge >= 0.3 is 0 Å². The van der Waals surface area contributed by atoms with Crippen molar-refractivity contribution < 1.29 is 14.4 Å². The van der Waals surface area contributed by atoms with Crippen LogP contribution in [0.5, 0.6) is 0 Å². The van der Waals surface area contributed by atoms with Crippen LogP contribution in [-0.2, 0) is 22.6 Å². The highest BCUT2D eigenvalue weighted by molar-refractivity contribution is 8.19. The van der Waals surface area contributed by atoms with Gasteiger partial charge in [-0.05, 0) is 54.8 Å². The number of aryl methyl sites for hydroxylation is 1. The van der Waals surface area contributed by atoms with Crippen molar-refractivity contribution in [2.24, 2.45) is 0 Å². The Bertz CT molecular complexity index is 1310. The smallest absolute Gasteiger partial charge is 0.298 e. The van der Waals surface area contributed by atoms with Crippen molar-refractivity contribution in [3.63, 3.8) is 0 Å². The molecule has 2 aliphatic rings. The van der Waals surface area contributed by atoms with Crippen LogP contribution in [0.15, 0.2) is 59.6 Å². The van der Waals surface area contributed by atoms with Gasteiger partial charge in [0.2, 0.25) is 5.91 Å². The summed E-state index contributed by atoms with van der Waals surface area (Å²) < 4.78 is 1.99. The number of hydrogen-bond acceptors (Lipinski definition) is 4. The summed E-state index contributed by atoms with van der Waals surface area (Å²) in [6.45, 7) is 2.32. The Morgan fingerprint density at radius 3 is 2.57 bits per heavy atom. The first-order chi connectivity index (χ1) is 17.0. The Morgan fingerprint density at radius 2 is 1.83 bits per heavy atom. The SMILES string of the molecule is CCc1cccc2c(/C=C3\SC(=O)N(c4ccccc4)C3=O)cn(CC(=O)NC3CCCCC3)c12. The normalized spacial score (nSPS) is 18.1. The van der Waals surface area contributed by atoms with E-state index in [2.05, 4.69) is 18.3 Å². The summed E-state index contributed by atoms with van der Waals surface area (Å²) in [5.74, 6) is -0.315. The molecule has 5 rings (SSSR count). The standard InChI is InChI=1S/C28H29N3O3S/c1-2-19-10-9-15-23-20(16-24-27(33)31(28(34)35-24)22-13-7-4-8-14-22)17-30(26(19)23)18-25(32)29-21-11-5-3-6-12-21/h4,7-10,13-17,21H,2-3,5-6,11-12,18H2,1H3,(H,29,32)/b24-16-. The van der Waals surface area contributed by atoms with Crippen LogP contribution in [0.1, 0.15) is 50.2 Å². The van der Waals surface area contributed by atoms with Gasteiger partial charge in [-0.15, -0.1) is 0 Å². The van der Waals surface area contributed by atoms with Crippen molar-refractivity contribution in [3.05, 3.63) is 70.8 Å². The molecule has 0 bridgehead atoms. The highest BCUT2D eigenvalue weighted by Crippen LogP contribution is 2.37. The van der Waals surface area contributed by atoms with Crippen LogP contribution in [0.3, 0.4) is 0 Å². The molecule has 0 spiro atoms. The molecule has 1 saturated heterocycles. The van der Waals surface area contributed by atoms with Gasteiger partial charge in [-0.25, -0.2) is 4.90 Å². The van der Waals surface area contributed by atoms with E-state index >= 15 is 0 Å². The third-order valence-electron chi connectivity index (χ3n) is 6.77. The third kappa shape index (κ3) is 4.78. The van der Waals surface area contributed by atoms with Crippen molar-refractivity contribution in [1.82, 2.24) is 9.88 Å². The van der Waals surface area contributed by atoms with Crippen molar-refractivity contribution in [2.75, 3.05) is 4.90 Å². The average molecular weight is 488 g/mol. The molecule has 0 radical (unpaired) electrons. The van der Waals surface area contributed by atoms with E-state index in [9.17, 15) is 14.4 Å². The molecular weight excluding hydrogens is 458 g/mol. The first-order valence-electron chi connectivity index (χ1n) is 12.3. The fourth-order valence-corrected chi connectivity index (χ4v) is 5.91. The van der Waals surface area contributed by atoms with Crippen LogP contribution >= 0.6 is 11.8 Å². The highest BCUT2D eigenvalue weighted by atomic mass is 32.2. The topological polar surface area (TPSA) is 71.4 Å². The molecule has 6 nitrogen and oxygen atoms in total. The van der Waals surface area contributed by atoms with E-state index in [-0.39, 0.29) is 29.6 Å². The maximum absolute atomic E-state index is 13.1. The largest absolute Gasteiger partial charge is 0.352 e. The summed E-state index contributed by atoms with van der Waals surface area (Å²) >= 11 is 0.946. The number of imide groups is 1. The van der Waals surface area contributed by atoms with Gasteiger partial charge in [0, 0.05) is 23.2 Å². The lowest BCUT2D eigenvalue weighted by Crippen LogP contribution is -2.38. The molecule has 2 fully saturated rings. The lowest BCUT2D eigenvalue weighted by atomic mass is 9.95. The zero-order valence-electron chi connectivity index (χ0n) is 19.8. The monoisotopic (exact) mass is 487 g/mol. The van der Waals surface area contributed by atoms with E-state index in [4.69, 9.17) is 0 Å². The lowest BCUT2D eigenvalue weighted by molar-refractivity contribution is -0.122. The van der Waals surface area contributed by atoms with Gasteiger partial charge in [0.15, 0.2) is 0 Å². The molecule has 1 aromatic heterocycles. The molecule has 2 heterocycles. The molecule has 0 atom stereocenters. The number of nitrogens with zero attached hydrogens (tertiary/aromatic N) is 2. The second kappa shape index (κ2) is 10.1. The van der Waals surface area contributed by atoms with Gasteiger partial charge in [-0.2, -0.15) is 0 Å². The number of carbonyl (C=O) groups is 3. The van der Waals surface area contributed by atoms with E-state index in [0.717, 1.165) is 53.1 Å². The zero-order valence-corrected chi connectivity index (χ0v) is 20.6. The summed E-state index contributed by atoms with van der Waals surface area (Å²) in [5.41, 5.74) is 3.54. The van der Waals surface area contributed by atoms with Crippen LogP contribution < -0.4 is 10.2 Å². The van der Waals surface area contributed by atoms with Gasteiger partial charge in [-0.1, -0.05) is 62.6 Å². The van der Waals surface area contributed by atoms with Crippen LogP contribution in [0.2, 0.25) is 0 Å². The molecular formula is C28H29N3O3S. The van der Waals surface area contributed by atoms with Crippen LogP contribution in [-0.4, -0.2) is 27.7 Å². The maximum Gasteiger partial charge on any atom is 0.298 e. The summed E-state index contributed by atoms with van der Waals surface area (Å²) in [6, 6.07) is 15.3. The van der Waals surface area contributed by atoms with Crippen LogP contribution in [0.4, 0.5) is 10.5 Å². The van der Waals surface area contributed by atoms with E-state index in [1.807, 2.05) is 29.0 Å². The Hall–Kier alpha value is -3.32. The number of amides is 3. The summed E-state index contributed by atoms with van der Waals surface area (Å²) in [4.78, 5) is 40.3. The first-order valence-corrected chi connectivity index (χ1v) is 13.1. The van der Waals surface area contributed by atoms with Gasteiger partial charge in [0.25, 0.3) is 11.1 Å². The van der Waals surface area contributed by atoms with E-state index in [1.165, 1.54) is 24.2 Å². The number of para-hydroxylation sites is 2. The number of carbonyl (C=O) groups excluding carboxylic acids is 3. The fourth-order valence-electron chi connectivity index (χ4n) is 5.07. The first kappa shape index (κ1) is 23.4. The van der Waals surface area contributed by atoms with Gasteiger partial charge in [-0.3, -0.25) is 14.4 Å². The predicted octanol–water partition coefficient (Wildman–Crippen LogP) is 5.89. The molecule has 3 amide bonds. The number of rotatable bonds is 6. The second-order valence-corrected chi connectivity index (χ2v) is 10.1. The maximum atomic E-state index is 13.1. The van der Waals surface area contributed by atoms with E-state index in [0.29, 0.717) is 10.6 Å². The Labute approximate surface area is 209 Å². The minimum atomic E-state index is -0.325. The molecule has 1 aliphatic heterocycles. The molecule has 0 unspecified atom stereocenters. The number of thioether (sulfide) groups is 1. The zero-order chi connectivity index (χ0) is 24.4. The van der Waals surface area contributed by atoms with Crippen molar-refractivity contribution in [1.29, 1.82) is 0 Å². The molecule has 2 aromatic carbocycles. The lowest BCUT2D eigenvalue weighted by Gasteiger charge is -2.23. The van der Waals surface area contributed by atoms with Gasteiger partial charge < -0.3 is 9.88 Å². The second-order valence-electron chi connectivity index (χ2n) is 9.13. The summed E-state index contributed by atoms with van der Waals surface area (Å²) in [7, 11) is 0. The summed E-state index contributed by atoms with van der Waals surface area (Å²) in [5, 5.41) is 3.87. The predicted molar refractivity (Wildman–Crippen MR) is 141 cm³/mol. The number of fused-ring (bicyclic) bond motifs is 1. The Kier molecular flexibility index (Phi) is 6.77. The molecule has 3 aromatic rings. The highest BCUT2D eigenvalue weighted by Gasteiger charge is 2.36. The van der Waals surface area contributed by atoms with Crippen molar-refractivity contribution in [2.45, 2.75) is 58.0 Å². The summed E-state index contributed by atoms with van der Waals surface area (Å²) in [6.07, 6.45) is 10.2. The Morgan fingerprint density at radius 1 is 1.06 bits per heavy atom. The number of benzene rings is 2. The van der Waals surface area contributed by atoms with Gasteiger partial charge in [0.1, 0.15) is 6.54 Å². The third-order valence-corrected chi connectivity index (χ3v) is 7.64. The Balaban J connectivity index is 1.47. The van der Waals surface area contributed by atoms with Crippen LogP contribution in [0, 0.1) is 0 Å². The molecule has 7 heteroatoms. The number of aromatic nitrogens is 1. The number of hydrogen-bond donors (Lipinski definition) is 1. The van der Waals surface area contributed by atoms with E-state index in [1.54, 1.807) is 30.3 Å². The van der Waals surface area contributed by atoms with Crippen LogP contribution in [0.25, 0.3) is 17.0 Å². The number of anilines is 1. The number of nitrogens with one attached hydrogen (secondary N) is 1. The molecule has 1 saturated carbocycles. The molecule has 180 valence electrons. The quantitative estimate of drug-likeness (QED) is 0.440. The van der Waals surface area contributed by atoms with E-state index < -0.39 is 0 Å². The molecule has 35 heavy (non-hydrogen) atoms. The minimum Gasteiger partial charge on any atom is -0.352 e.